The lowest BCUT2D eigenvalue weighted by Crippen LogP contribution is -2.35. The summed E-state index contributed by atoms with van der Waals surface area (Å²) in [5, 5.41) is 3.32. The zero-order valence-corrected chi connectivity index (χ0v) is 12.2. The summed E-state index contributed by atoms with van der Waals surface area (Å²) in [6.07, 6.45) is 7.67. The van der Waals surface area contributed by atoms with Crippen LogP contribution in [0.5, 0.6) is 0 Å². The summed E-state index contributed by atoms with van der Waals surface area (Å²) in [5.74, 6) is 1.32. The maximum Gasteiger partial charge on any atom is 0.137 e. The molecule has 112 valence electrons. The third kappa shape index (κ3) is 2.53. The van der Waals surface area contributed by atoms with Gasteiger partial charge in [0.25, 0.3) is 0 Å². The summed E-state index contributed by atoms with van der Waals surface area (Å²) < 4.78 is 2.01. The van der Waals surface area contributed by atoms with Gasteiger partial charge in [0.2, 0.25) is 0 Å². The first kappa shape index (κ1) is 13.2. The van der Waals surface area contributed by atoms with Gasteiger partial charge in [-0.05, 0) is 25.0 Å². The number of hydrogen-bond acceptors (Lipinski definition) is 5. The van der Waals surface area contributed by atoms with Crippen molar-refractivity contribution in [1.82, 2.24) is 19.4 Å². The van der Waals surface area contributed by atoms with Crippen LogP contribution in [0.25, 0.3) is 5.65 Å². The maximum absolute atomic E-state index is 5.85. The summed E-state index contributed by atoms with van der Waals surface area (Å²) in [6.45, 7) is 0.641. The molecule has 0 aromatic carbocycles. The van der Waals surface area contributed by atoms with Crippen LogP contribution in [-0.4, -0.2) is 25.4 Å². The lowest BCUT2D eigenvalue weighted by molar-refractivity contribution is 0.345. The third-order valence-corrected chi connectivity index (χ3v) is 4.15. The Morgan fingerprint density at radius 2 is 2.18 bits per heavy atom. The lowest BCUT2D eigenvalue weighted by atomic mass is 9.79. The van der Waals surface area contributed by atoms with E-state index in [9.17, 15) is 0 Å². The van der Waals surface area contributed by atoms with E-state index in [1.807, 2.05) is 41.1 Å². The molecule has 3 heterocycles. The van der Waals surface area contributed by atoms with E-state index >= 15 is 0 Å². The number of nitrogens with two attached hydrogens (primary N) is 1. The van der Waals surface area contributed by atoms with Gasteiger partial charge in [0.15, 0.2) is 0 Å². The summed E-state index contributed by atoms with van der Waals surface area (Å²) in [5.41, 5.74) is 8.86. The maximum atomic E-state index is 5.85. The molecule has 0 atom stereocenters. The zero-order valence-electron chi connectivity index (χ0n) is 12.2. The zero-order chi connectivity index (χ0) is 14.9. The minimum atomic E-state index is 0.328. The Kier molecular flexibility index (Phi) is 3.23. The number of aromatic nitrogens is 4. The Morgan fingerprint density at radius 3 is 3.00 bits per heavy atom. The van der Waals surface area contributed by atoms with Gasteiger partial charge >= 0.3 is 0 Å². The number of imidazole rings is 1. The highest BCUT2D eigenvalue weighted by Gasteiger charge is 2.28. The number of hydrogen-bond donors (Lipinski definition) is 2. The number of fused-ring (bicyclic) bond motifs is 1. The van der Waals surface area contributed by atoms with Crippen LogP contribution < -0.4 is 11.1 Å². The van der Waals surface area contributed by atoms with Crippen LogP contribution in [0.1, 0.15) is 30.1 Å². The second kappa shape index (κ2) is 5.38. The molecule has 0 spiro atoms. The second-order valence-corrected chi connectivity index (χ2v) is 5.81. The number of nitrogens with one attached hydrogen (secondary N) is 1. The Morgan fingerprint density at radius 1 is 1.27 bits per heavy atom. The van der Waals surface area contributed by atoms with E-state index in [1.165, 1.54) is 0 Å². The van der Waals surface area contributed by atoms with Gasteiger partial charge in [-0.25, -0.2) is 15.0 Å². The van der Waals surface area contributed by atoms with E-state index in [0.717, 1.165) is 35.7 Å². The van der Waals surface area contributed by atoms with Gasteiger partial charge in [0.1, 0.15) is 17.8 Å². The van der Waals surface area contributed by atoms with Crippen molar-refractivity contribution in [1.29, 1.82) is 0 Å². The first-order chi connectivity index (χ1) is 10.8. The minimum Gasteiger partial charge on any atom is -0.364 e. The Bertz CT molecular complexity index is 757. The fourth-order valence-corrected chi connectivity index (χ4v) is 2.85. The highest BCUT2D eigenvalue weighted by atomic mass is 15.0. The van der Waals surface area contributed by atoms with E-state index in [1.54, 1.807) is 6.33 Å². The van der Waals surface area contributed by atoms with Gasteiger partial charge in [-0.1, -0.05) is 6.07 Å². The van der Waals surface area contributed by atoms with Gasteiger partial charge in [-0.2, -0.15) is 0 Å². The molecule has 0 bridgehead atoms. The van der Waals surface area contributed by atoms with Gasteiger partial charge < -0.3 is 15.5 Å². The van der Waals surface area contributed by atoms with Gasteiger partial charge in [-0.15, -0.1) is 0 Å². The van der Waals surface area contributed by atoms with Crippen LogP contribution in [0, 0.1) is 0 Å². The largest absolute Gasteiger partial charge is 0.364 e. The smallest absolute Gasteiger partial charge is 0.137 e. The first-order valence-corrected chi connectivity index (χ1v) is 7.52. The molecule has 4 rings (SSSR count). The molecular formula is C16H18N6. The molecule has 1 fully saturated rings. The van der Waals surface area contributed by atoms with E-state index in [4.69, 9.17) is 5.73 Å². The average Bonchev–Trinajstić information content (AvgIpc) is 2.93. The lowest BCUT2D eigenvalue weighted by Gasteiger charge is -2.31. The Labute approximate surface area is 128 Å². The Balaban J connectivity index is 1.46. The van der Waals surface area contributed by atoms with E-state index < -0.39 is 0 Å². The fourth-order valence-electron chi connectivity index (χ4n) is 2.85. The van der Waals surface area contributed by atoms with E-state index in [0.29, 0.717) is 18.5 Å². The topological polar surface area (TPSA) is 81.1 Å². The molecule has 1 aliphatic rings. The van der Waals surface area contributed by atoms with Crippen molar-refractivity contribution in [2.45, 2.75) is 31.3 Å². The highest BCUT2D eigenvalue weighted by molar-refractivity contribution is 5.41. The fraction of sp³-hybridized carbons (Fsp3) is 0.312. The quantitative estimate of drug-likeness (QED) is 0.768. The number of rotatable bonds is 4. The molecule has 0 saturated heterocycles. The summed E-state index contributed by atoms with van der Waals surface area (Å²) in [7, 11) is 0. The van der Waals surface area contributed by atoms with Crippen LogP contribution in [0.2, 0.25) is 0 Å². The van der Waals surface area contributed by atoms with Crippen LogP contribution in [-0.2, 0) is 6.54 Å². The van der Waals surface area contributed by atoms with Crippen molar-refractivity contribution in [3.05, 3.63) is 54.4 Å². The molecule has 3 N–H and O–H groups in total. The predicted molar refractivity (Wildman–Crippen MR) is 84.5 cm³/mol. The summed E-state index contributed by atoms with van der Waals surface area (Å²) in [4.78, 5) is 13.2. The van der Waals surface area contributed by atoms with Crippen molar-refractivity contribution >= 4 is 11.5 Å². The van der Waals surface area contributed by atoms with Crippen molar-refractivity contribution in [2.24, 2.45) is 5.73 Å². The molecule has 6 heteroatoms. The molecule has 0 amide bonds. The normalized spacial score (nSPS) is 20.8. The highest BCUT2D eigenvalue weighted by Crippen LogP contribution is 2.34. The van der Waals surface area contributed by atoms with E-state index in [2.05, 4.69) is 20.3 Å². The molecule has 3 aromatic heterocycles. The first-order valence-electron chi connectivity index (χ1n) is 7.52. The summed E-state index contributed by atoms with van der Waals surface area (Å²) in [6, 6.07) is 8.32. The van der Waals surface area contributed by atoms with Crippen molar-refractivity contribution in [2.75, 3.05) is 5.32 Å². The molecule has 0 aliphatic heterocycles. The Hall–Kier alpha value is -2.47. The number of nitrogens with zero attached hydrogens (tertiary/aromatic N) is 4. The average molecular weight is 294 g/mol. The van der Waals surface area contributed by atoms with Crippen LogP contribution in [0.4, 0.5) is 5.82 Å². The van der Waals surface area contributed by atoms with Gasteiger partial charge in [-0.3, -0.25) is 0 Å². The molecule has 3 aromatic rings. The van der Waals surface area contributed by atoms with Crippen molar-refractivity contribution in [3.63, 3.8) is 0 Å². The van der Waals surface area contributed by atoms with Gasteiger partial charge in [0.05, 0.1) is 12.2 Å². The SMILES string of the molecule is NC1CC(c2cc(NCc3cn4ccccc4n3)ncn2)C1. The van der Waals surface area contributed by atoms with E-state index in [-0.39, 0.29) is 0 Å². The molecule has 1 aliphatic carbocycles. The molecule has 1 saturated carbocycles. The number of anilines is 1. The van der Waals surface area contributed by atoms with Crippen molar-refractivity contribution < 1.29 is 0 Å². The predicted octanol–water partition coefficient (Wildman–Crippen LogP) is 1.94. The van der Waals surface area contributed by atoms with Crippen LogP contribution in [0.15, 0.2) is 43.0 Å². The molecule has 22 heavy (non-hydrogen) atoms. The van der Waals surface area contributed by atoms with Crippen molar-refractivity contribution in [3.8, 4) is 0 Å². The molecule has 6 nitrogen and oxygen atoms in total. The monoisotopic (exact) mass is 294 g/mol. The third-order valence-electron chi connectivity index (χ3n) is 4.15. The molecule has 0 unspecified atom stereocenters. The summed E-state index contributed by atoms with van der Waals surface area (Å²) >= 11 is 0. The molecular weight excluding hydrogens is 276 g/mol. The van der Waals surface area contributed by atoms with Crippen LogP contribution >= 0.6 is 0 Å². The standard InChI is InChI=1S/C16H18N6/c17-12-5-11(6-12)14-7-15(20-10-19-14)18-8-13-9-22-4-2-1-3-16(22)21-13/h1-4,7,9-12H,5-6,8,17H2,(H,18,19,20). The second-order valence-electron chi connectivity index (χ2n) is 5.81. The van der Waals surface area contributed by atoms with Gasteiger partial charge in [0, 0.05) is 36.1 Å². The number of pyridine rings is 1. The minimum absolute atomic E-state index is 0.328. The molecule has 0 radical (unpaired) electrons. The van der Waals surface area contributed by atoms with Crippen LogP contribution in [0.3, 0.4) is 0 Å².